The average molecular weight is 602 g/mol. The predicted octanol–water partition coefficient (Wildman–Crippen LogP) is 4.06. The summed E-state index contributed by atoms with van der Waals surface area (Å²) in [6.07, 6.45) is 2.08. The third-order valence-electron chi connectivity index (χ3n) is 5.38. The lowest BCUT2D eigenvalue weighted by Crippen LogP contribution is -2.39. The van der Waals surface area contributed by atoms with Crippen LogP contribution in [0.5, 0.6) is 0 Å². The van der Waals surface area contributed by atoms with Crippen LogP contribution in [0.2, 0.25) is 0 Å². The molecule has 1 aromatic heterocycles. The van der Waals surface area contributed by atoms with Gasteiger partial charge < -0.3 is 29.4 Å². The van der Waals surface area contributed by atoms with E-state index in [9.17, 15) is 4.79 Å². The number of ether oxygens (including phenoxy) is 4. The van der Waals surface area contributed by atoms with Crippen molar-refractivity contribution >= 4 is 39.8 Å². The maximum Gasteiger partial charge on any atom is 0.286 e. The molecule has 0 unspecified atom stereocenters. The molecule has 1 aromatic carbocycles. The van der Waals surface area contributed by atoms with E-state index in [2.05, 4.69) is 34.0 Å². The molecule has 186 valence electrons. The Morgan fingerprint density at radius 1 is 1.15 bits per heavy atom. The van der Waals surface area contributed by atoms with Crippen molar-refractivity contribution in [2.45, 2.75) is 32.1 Å². The first-order valence-electron chi connectivity index (χ1n) is 11.4. The zero-order valence-electron chi connectivity index (χ0n) is 19.3. The molecule has 2 heterocycles. The number of hydrogen-bond donors (Lipinski definition) is 2. The van der Waals surface area contributed by atoms with Gasteiger partial charge >= 0.3 is 0 Å². The van der Waals surface area contributed by atoms with Crippen LogP contribution in [0.1, 0.15) is 29.7 Å². The van der Waals surface area contributed by atoms with Crippen molar-refractivity contribution in [3.05, 3.63) is 67.6 Å². The van der Waals surface area contributed by atoms with Crippen molar-refractivity contribution < 1.29 is 28.8 Å². The second-order valence-electron chi connectivity index (χ2n) is 7.72. The maximum absolute atomic E-state index is 13.0. The molecule has 0 saturated heterocycles. The molecular weight excluding hydrogens is 569 g/mol. The highest BCUT2D eigenvalue weighted by Gasteiger charge is 2.38. The number of nitrogens with one attached hydrogen (secondary N) is 1. The zero-order valence-corrected chi connectivity index (χ0v) is 22.3. The Morgan fingerprint density at radius 2 is 1.91 bits per heavy atom. The van der Waals surface area contributed by atoms with Crippen LogP contribution in [-0.4, -0.2) is 56.9 Å². The number of carbonyl (C=O) groups is 1. The first-order chi connectivity index (χ1) is 16.6. The normalized spacial score (nSPS) is 20.0. The molecule has 3 rings (SSSR count). The Bertz CT molecular complexity index is 889. The van der Waals surface area contributed by atoms with E-state index in [-0.39, 0.29) is 30.1 Å². The van der Waals surface area contributed by atoms with Crippen molar-refractivity contribution in [2.75, 3.05) is 39.6 Å². The van der Waals surface area contributed by atoms with Crippen molar-refractivity contribution in [1.82, 2.24) is 5.32 Å². The monoisotopic (exact) mass is 601 g/mol. The lowest BCUT2D eigenvalue weighted by atomic mass is 9.85. The van der Waals surface area contributed by atoms with E-state index in [1.54, 1.807) is 11.3 Å². The number of halogens is 1. The molecule has 1 aliphatic heterocycles. The van der Waals surface area contributed by atoms with Crippen LogP contribution in [0.3, 0.4) is 0 Å². The number of carbonyl (C=O) groups excluding carboxylic acids is 1. The van der Waals surface area contributed by atoms with Gasteiger partial charge in [-0.25, -0.2) is 0 Å². The Hall–Kier alpha value is -1.50. The van der Waals surface area contributed by atoms with Gasteiger partial charge in [0.05, 0.1) is 26.4 Å². The van der Waals surface area contributed by atoms with Crippen molar-refractivity contribution in [3.63, 3.8) is 0 Å². The number of amides is 1. The third-order valence-corrected chi connectivity index (χ3v) is 7.07. The number of benzene rings is 1. The molecule has 0 saturated carbocycles. The van der Waals surface area contributed by atoms with E-state index in [0.29, 0.717) is 46.0 Å². The third kappa shape index (κ3) is 8.31. The van der Waals surface area contributed by atoms with Gasteiger partial charge in [0.25, 0.3) is 5.91 Å². The van der Waals surface area contributed by atoms with Crippen LogP contribution >= 0.6 is 33.9 Å². The Balaban J connectivity index is 1.67. The summed E-state index contributed by atoms with van der Waals surface area (Å²) in [7, 11) is 0. The van der Waals surface area contributed by atoms with Crippen LogP contribution in [0.15, 0.2) is 53.6 Å². The molecule has 0 aliphatic carbocycles. The van der Waals surface area contributed by atoms with E-state index in [4.69, 9.17) is 24.1 Å². The minimum Gasteiger partial charge on any atom is -0.459 e. The van der Waals surface area contributed by atoms with E-state index >= 15 is 0 Å². The van der Waals surface area contributed by atoms with Crippen molar-refractivity contribution in [2.24, 2.45) is 5.92 Å². The molecule has 2 N–H and O–H groups in total. The molecule has 1 aliphatic rings. The molecule has 3 atom stereocenters. The van der Waals surface area contributed by atoms with Gasteiger partial charge in [0.15, 0.2) is 5.76 Å². The Labute approximate surface area is 218 Å². The van der Waals surface area contributed by atoms with Crippen LogP contribution in [0.25, 0.3) is 0 Å². The van der Waals surface area contributed by atoms with E-state index in [0.717, 1.165) is 14.0 Å². The summed E-state index contributed by atoms with van der Waals surface area (Å²) in [5.41, 5.74) is 1.03. The van der Waals surface area contributed by atoms with Crippen molar-refractivity contribution in [1.29, 1.82) is 0 Å². The average Bonchev–Trinajstić information content (AvgIpc) is 3.38. The summed E-state index contributed by atoms with van der Waals surface area (Å²) in [5, 5.41) is 13.8. The number of aliphatic hydroxyl groups is 1. The Kier molecular flexibility index (Phi) is 11.8. The van der Waals surface area contributed by atoms with Gasteiger partial charge in [0, 0.05) is 40.0 Å². The largest absolute Gasteiger partial charge is 0.459 e. The summed E-state index contributed by atoms with van der Waals surface area (Å²) in [6, 6.07) is 12.1. The number of thiophene rings is 1. The predicted molar refractivity (Wildman–Crippen MR) is 139 cm³/mol. The van der Waals surface area contributed by atoms with Gasteiger partial charge in [-0.3, -0.25) is 4.79 Å². The van der Waals surface area contributed by atoms with Gasteiger partial charge in [0.1, 0.15) is 0 Å². The van der Waals surface area contributed by atoms with Gasteiger partial charge in [0.2, 0.25) is 6.29 Å². The van der Waals surface area contributed by atoms with E-state index < -0.39 is 6.29 Å². The standard InChI is InChI=1S/C25H32INO6S/c1-2-32-25-20(9-11-30-13-14-31-12-10-28)21(23-4-3-15-34-23)16-22(33-25)24(29)27-17-18-5-7-19(26)8-6-18/h3-8,15-16,20-21,25,28H,2,9-14,17H2,1H3,(H,27,29)/t20-,21-,25+/m1/s1. The first-order valence-corrected chi connectivity index (χ1v) is 13.4. The molecule has 2 aromatic rings. The number of aliphatic hydroxyl groups excluding tert-OH is 1. The second-order valence-corrected chi connectivity index (χ2v) is 9.95. The molecule has 0 fully saturated rings. The van der Waals surface area contributed by atoms with Gasteiger partial charge in [-0.1, -0.05) is 18.2 Å². The quantitative estimate of drug-likeness (QED) is 0.251. The first kappa shape index (κ1) is 27.1. The summed E-state index contributed by atoms with van der Waals surface area (Å²) in [6.45, 7) is 4.56. The SMILES string of the molecule is CCO[C@H]1OC(C(=O)NCc2ccc(I)cc2)=C[C@@H](c2cccs2)[C@H]1CCOCCOCCO. The highest BCUT2D eigenvalue weighted by atomic mass is 127. The van der Waals surface area contributed by atoms with E-state index in [1.165, 1.54) is 0 Å². The summed E-state index contributed by atoms with van der Waals surface area (Å²) >= 11 is 3.92. The fraction of sp³-hybridized carbons (Fsp3) is 0.480. The van der Waals surface area contributed by atoms with Crippen LogP contribution in [0, 0.1) is 9.49 Å². The van der Waals surface area contributed by atoms with Crippen LogP contribution < -0.4 is 5.32 Å². The minimum absolute atomic E-state index is 0.00436. The van der Waals surface area contributed by atoms with E-state index in [1.807, 2.05) is 48.7 Å². The topological polar surface area (TPSA) is 86.3 Å². The smallest absolute Gasteiger partial charge is 0.286 e. The zero-order chi connectivity index (χ0) is 24.2. The molecule has 0 spiro atoms. The lowest BCUT2D eigenvalue weighted by molar-refractivity contribution is -0.168. The lowest BCUT2D eigenvalue weighted by Gasteiger charge is -2.36. The van der Waals surface area contributed by atoms with Gasteiger partial charge in [-0.05, 0) is 71.2 Å². The number of rotatable bonds is 14. The molecule has 0 bridgehead atoms. The molecule has 9 heteroatoms. The number of hydrogen-bond acceptors (Lipinski definition) is 7. The minimum atomic E-state index is -0.546. The molecule has 1 amide bonds. The van der Waals surface area contributed by atoms with Crippen LogP contribution in [0.4, 0.5) is 0 Å². The summed E-state index contributed by atoms with van der Waals surface area (Å²) in [4.78, 5) is 14.1. The highest BCUT2D eigenvalue weighted by Crippen LogP contribution is 2.40. The second kappa shape index (κ2) is 14.8. The summed E-state index contributed by atoms with van der Waals surface area (Å²) in [5.74, 6) is 0.0285. The molecule has 7 nitrogen and oxygen atoms in total. The maximum atomic E-state index is 13.0. The molecule has 0 radical (unpaired) electrons. The Morgan fingerprint density at radius 3 is 2.59 bits per heavy atom. The molecule has 34 heavy (non-hydrogen) atoms. The summed E-state index contributed by atoms with van der Waals surface area (Å²) < 4.78 is 24.1. The van der Waals surface area contributed by atoms with Crippen molar-refractivity contribution in [3.8, 4) is 0 Å². The van der Waals surface area contributed by atoms with Crippen LogP contribution in [-0.2, 0) is 30.3 Å². The van der Waals surface area contributed by atoms with Gasteiger partial charge in [-0.15, -0.1) is 11.3 Å². The highest BCUT2D eigenvalue weighted by molar-refractivity contribution is 14.1. The molecular formula is C25H32INO6S. The number of allylic oxidation sites excluding steroid dienone is 1. The fourth-order valence-corrected chi connectivity index (χ4v) is 4.96. The fourth-order valence-electron chi connectivity index (χ4n) is 3.73. The van der Waals surface area contributed by atoms with Gasteiger partial charge in [-0.2, -0.15) is 0 Å².